The van der Waals surface area contributed by atoms with Crippen molar-refractivity contribution in [2.24, 2.45) is 5.92 Å². The van der Waals surface area contributed by atoms with Crippen LogP contribution in [0.5, 0.6) is 0 Å². The summed E-state index contributed by atoms with van der Waals surface area (Å²) in [6.07, 6.45) is 1.44. The molecule has 1 heterocycles. The largest absolute Gasteiger partial charge is 0.476 e. The van der Waals surface area contributed by atoms with Crippen molar-refractivity contribution >= 4 is 23.2 Å². The maximum Gasteiger partial charge on any atom is 0.355 e. The van der Waals surface area contributed by atoms with Crippen LogP contribution in [0.3, 0.4) is 0 Å². The smallest absolute Gasteiger partial charge is 0.355 e. The van der Waals surface area contributed by atoms with Gasteiger partial charge in [0.1, 0.15) is 5.01 Å². The summed E-state index contributed by atoms with van der Waals surface area (Å²) < 4.78 is 0. The van der Waals surface area contributed by atoms with Gasteiger partial charge in [-0.15, -0.1) is 11.3 Å². The first-order valence-electron chi connectivity index (χ1n) is 5.92. The Balaban J connectivity index is 2.56. The Kier molecular flexibility index (Phi) is 5.27. The van der Waals surface area contributed by atoms with Crippen LogP contribution in [-0.4, -0.2) is 22.0 Å². The molecule has 0 saturated carbocycles. The Morgan fingerprint density at radius 2 is 2.17 bits per heavy atom. The lowest BCUT2D eigenvalue weighted by Crippen LogP contribution is -2.27. The fraction of sp³-hybridized carbons (Fsp3) is 0.583. The molecule has 0 aliphatic carbocycles. The van der Waals surface area contributed by atoms with E-state index in [0.29, 0.717) is 17.3 Å². The monoisotopic (exact) mass is 270 g/mol. The Bertz CT molecular complexity index is 431. The van der Waals surface area contributed by atoms with Crippen molar-refractivity contribution < 1.29 is 14.7 Å². The fourth-order valence-electron chi connectivity index (χ4n) is 1.41. The predicted molar refractivity (Wildman–Crippen MR) is 69.7 cm³/mol. The molecule has 1 aromatic heterocycles. The van der Waals surface area contributed by atoms with Gasteiger partial charge in [-0.25, -0.2) is 9.78 Å². The third-order valence-electron chi connectivity index (χ3n) is 2.72. The lowest BCUT2D eigenvalue weighted by molar-refractivity contribution is -0.122. The molecule has 5 nitrogen and oxygen atoms in total. The molecule has 0 spiro atoms. The average Bonchev–Trinajstić information content (AvgIpc) is 2.77. The van der Waals surface area contributed by atoms with Crippen molar-refractivity contribution in [2.45, 2.75) is 39.7 Å². The predicted octanol–water partition coefficient (Wildman–Crippen LogP) is 2.45. The lowest BCUT2D eigenvalue weighted by Gasteiger charge is -2.13. The summed E-state index contributed by atoms with van der Waals surface area (Å²) in [5, 5.41) is 13.7. The van der Waals surface area contributed by atoms with Gasteiger partial charge in [0.05, 0.1) is 6.04 Å². The number of nitrogens with one attached hydrogen (secondary N) is 1. The molecule has 0 aliphatic rings. The second-order valence-electron chi connectivity index (χ2n) is 4.38. The molecule has 2 N–H and O–H groups in total. The lowest BCUT2D eigenvalue weighted by atomic mass is 10.0. The Morgan fingerprint density at radius 3 is 2.67 bits per heavy atom. The molecule has 0 radical (unpaired) electrons. The van der Waals surface area contributed by atoms with Crippen LogP contribution in [0.4, 0.5) is 0 Å². The van der Waals surface area contributed by atoms with Crippen LogP contribution in [0.2, 0.25) is 0 Å². The summed E-state index contributed by atoms with van der Waals surface area (Å²) >= 11 is 1.25. The van der Waals surface area contributed by atoms with Gasteiger partial charge >= 0.3 is 5.97 Å². The summed E-state index contributed by atoms with van der Waals surface area (Å²) in [5.74, 6) is -0.720. The van der Waals surface area contributed by atoms with Crippen molar-refractivity contribution in [3.05, 3.63) is 16.1 Å². The average molecular weight is 270 g/mol. The van der Waals surface area contributed by atoms with Gasteiger partial charge in [-0.2, -0.15) is 0 Å². The van der Waals surface area contributed by atoms with Crippen LogP contribution < -0.4 is 5.32 Å². The number of carboxylic acids is 1. The molecule has 6 heteroatoms. The number of nitrogens with zero attached hydrogens (tertiary/aromatic N) is 1. The van der Waals surface area contributed by atoms with Gasteiger partial charge in [0.25, 0.3) is 0 Å². The molecule has 2 atom stereocenters. The molecule has 0 saturated heterocycles. The van der Waals surface area contributed by atoms with Crippen LogP contribution in [0.25, 0.3) is 0 Å². The summed E-state index contributed by atoms with van der Waals surface area (Å²) in [6.45, 7) is 5.87. The van der Waals surface area contributed by atoms with Crippen LogP contribution in [0.1, 0.15) is 55.2 Å². The van der Waals surface area contributed by atoms with E-state index in [9.17, 15) is 9.59 Å². The minimum Gasteiger partial charge on any atom is -0.476 e. The number of aromatic nitrogens is 1. The highest BCUT2D eigenvalue weighted by atomic mass is 32.1. The molecule has 2 unspecified atom stereocenters. The number of hydrogen-bond donors (Lipinski definition) is 2. The highest BCUT2D eigenvalue weighted by Gasteiger charge is 2.16. The molecule has 1 rings (SSSR count). The van der Waals surface area contributed by atoms with E-state index >= 15 is 0 Å². The van der Waals surface area contributed by atoms with Gasteiger partial charge in [-0.1, -0.05) is 20.3 Å². The Labute approximate surface area is 110 Å². The van der Waals surface area contributed by atoms with Crippen LogP contribution in [-0.2, 0) is 4.79 Å². The Morgan fingerprint density at radius 1 is 1.50 bits per heavy atom. The van der Waals surface area contributed by atoms with Gasteiger partial charge in [0.2, 0.25) is 5.91 Å². The zero-order chi connectivity index (χ0) is 13.7. The molecule has 100 valence electrons. The molecule has 1 aromatic rings. The van der Waals surface area contributed by atoms with Gasteiger partial charge in [0, 0.05) is 11.8 Å². The highest BCUT2D eigenvalue weighted by Crippen LogP contribution is 2.18. The van der Waals surface area contributed by atoms with Crippen molar-refractivity contribution in [1.29, 1.82) is 0 Å². The topological polar surface area (TPSA) is 79.3 Å². The van der Waals surface area contributed by atoms with Gasteiger partial charge in [-0.05, 0) is 12.8 Å². The van der Waals surface area contributed by atoms with Crippen LogP contribution in [0.15, 0.2) is 5.38 Å². The number of carbonyl (C=O) groups is 2. The van der Waals surface area contributed by atoms with Crippen molar-refractivity contribution in [3.63, 3.8) is 0 Å². The van der Waals surface area contributed by atoms with E-state index in [-0.39, 0.29) is 17.6 Å². The minimum absolute atomic E-state index is 0.0241. The fourth-order valence-corrected chi connectivity index (χ4v) is 2.21. The third kappa shape index (κ3) is 4.10. The van der Waals surface area contributed by atoms with Crippen molar-refractivity contribution in [3.8, 4) is 0 Å². The van der Waals surface area contributed by atoms with E-state index in [1.54, 1.807) is 6.92 Å². The van der Waals surface area contributed by atoms with Crippen molar-refractivity contribution in [2.75, 3.05) is 0 Å². The second kappa shape index (κ2) is 6.49. The Hall–Kier alpha value is -1.43. The standard InChI is InChI=1S/C12H18N2O3S/c1-4-7(2)5-10(15)13-8(3)11-14-9(6-18-11)12(16)17/h6-8H,4-5H2,1-3H3,(H,13,15)(H,16,17). The summed E-state index contributed by atoms with van der Waals surface area (Å²) in [5.41, 5.74) is 0.0259. The highest BCUT2D eigenvalue weighted by molar-refractivity contribution is 7.09. The van der Waals surface area contributed by atoms with Gasteiger partial charge in [-0.3, -0.25) is 4.79 Å². The molecule has 0 aliphatic heterocycles. The minimum atomic E-state index is -1.05. The maximum absolute atomic E-state index is 11.7. The van der Waals surface area contributed by atoms with E-state index in [0.717, 1.165) is 6.42 Å². The second-order valence-corrected chi connectivity index (χ2v) is 5.27. The normalized spacial score (nSPS) is 13.9. The zero-order valence-electron chi connectivity index (χ0n) is 10.8. The number of amides is 1. The number of rotatable bonds is 6. The maximum atomic E-state index is 11.7. The van der Waals surface area contributed by atoms with E-state index in [1.807, 2.05) is 13.8 Å². The quantitative estimate of drug-likeness (QED) is 0.832. The van der Waals surface area contributed by atoms with E-state index < -0.39 is 5.97 Å². The molecule has 0 bridgehead atoms. The molecule has 0 fully saturated rings. The first-order valence-corrected chi connectivity index (χ1v) is 6.80. The molecule has 18 heavy (non-hydrogen) atoms. The van der Waals surface area contributed by atoms with E-state index in [4.69, 9.17) is 5.11 Å². The molecular formula is C12H18N2O3S. The summed E-state index contributed by atoms with van der Waals surface area (Å²) in [4.78, 5) is 26.4. The third-order valence-corrected chi connectivity index (χ3v) is 3.75. The van der Waals surface area contributed by atoms with E-state index in [2.05, 4.69) is 10.3 Å². The number of aromatic carboxylic acids is 1. The molecule has 1 amide bonds. The molecule has 0 aromatic carbocycles. The number of hydrogen-bond acceptors (Lipinski definition) is 4. The van der Waals surface area contributed by atoms with Gasteiger partial charge in [0.15, 0.2) is 5.69 Å². The van der Waals surface area contributed by atoms with Crippen LogP contribution >= 0.6 is 11.3 Å². The molecular weight excluding hydrogens is 252 g/mol. The first kappa shape index (κ1) is 14.6. The first-order chi connectivity index (χ1) is 8.43. The van der Waals surface area contributed by atoms with Gasteiger partial charge < -0.3 is 10.4 Å². The van der Waals surface area contributed by atoms with Crippen molar-refractivity contribution in [1.82, 2.24) is 10.3 Å². The zero-order valence-corrected chi connectivity index (χ0v) is 11.6. The van der Waals surface area contributed by atoms with E-state index in [1.165, 1.54) is 16.7 Å². The summed E-state index contributed by atoms with van der Waals surface area (Å²) in [6, 6.07) is -0.250. The summed E-state index contributed by atoms with van der Waals surface area (Å²) in [7, 11) is 0. The number of carboxylic acid groups (broad SMARTS) is 1. The SMILES string of the molecule is CCC(C)CC(=O)NC(C)c1nc(C(=O)O)cs1. The number of thiazole rings is 1. The number of carbonyl (C=O) groups excluding carboxylic acids is 1. The van der Waals surface area contributed by atoms with Crippen LogP contribution in [0, 0.1) is 5.92 Å².